The number of amides is 1. The predicted octanol–water partition coefficient (Wildman–Crippen LogP) is 8.30. The quantitative estimate of drug-likeness (QED) is 0.193. The van der Waals surface area contributed by atoms with Gasteiger partial charge in [-0.25, -0.2) is 9.97 Å². The molecule has 1 saturated heterocycles. The molecule has 0 bridgehead atoms. The Morgan fingerprint density at radius 1 is 0.820 bits per heavy atom. The zero-order valence-corrected chi connectivity index (χ0v) is 36.2. The Hall–Kier alpha value is -2.47. The molecule has 1 aromatic carbocycles. The lowest BCUT2D eigenvalue weighted by Gasteiger charge is -2.44. The third-order valence-corrected chi connectivity index (χ3v) is 24.9. The van der Waals surface area contributed by atoms with Gasteiger partial charge in [-0.1, -0.05) is 74.4 Å². The Bertz CT molecular complexity index is 1670. The highest BCUT2D eigenvalue weighted by Crippen LogP contribution is 2.47. The first kappa shape index (κ1) is 40.3. The number of imidazole rings is 1. The van der Waals surface area contributed by atoms with E-state index in [-0.39, 0.29) is 15.1 Å². The average Bonchev–Trinajstić information content (AvgIpc) is 3.54. The summed E-state index contributed by atoms with van der Waals surface area (Å²) in [4.78, 5) is 26.2. The number of methoxy groups -OCH3 is 1. The summed E-state index contributed by atoms with van der Waals surface area (Å²) in [5.74, 6) is 0.240. The van der Waals surface area contributed by atoms with Gasteiger partial charge in [0.25, 0.3) is 0 Å². The molecule has 0 saturated carbocycles. The lowest BCUT2D eigenvalue weighted by atomic mass is 10.1. The van der Waals surface area contributed by atoms with Crippen molar-refractivity contribution in [1.82, 2.24) is 19.5 Å². The van der Waals surface area contributed by atoms with Gasteiger partial charge in [0.2, 0.25) is 11.8 Å². The van der Waals surface area contributed by atoms with E-state index in [1.165, 1.54) is 0 Å². The monoisotopic (exact) mass is 743 g/mol. The molecule has 1 aliphatic heterocycles. The number of nitrogens with zero attached hydrogens (tertiary/aromatic N) is 4. The van der Waals surface area contributed by atoms with E-state index >= 15 is 0 Å². The van der Waals surface area contributed by atoms with Crippen molar-refractivity contribution in [3.8, 4) is 17.3 Å². The third-order valence-electron chi connectivity index (χ3n) is 11.5. The zero-order chi connectivity index (χ0) is 37.8. The van der Waals surface area contributed by atoms with Gasteiger partial charge in [-0.15, -0.1) is 0 Å². The maximum Gasteiger partial charge on any atom is 0.248 e. The highest BCUT2D eigenvalue weighted by Gasteiger charge is 2.55. The summed E-state index contributed by atoms with van der Waals surface area (Å²) >= 11 is 0. The Labute approximate surface area is 302 Å². The second-order valence-electron chi connectivity index (χ2n) is 18.1. The van der Waals surface area contributed by atoms with Crippen molar-refractivity contribution in [2.75, 3.05) is 13.7 Å². The van der Waals surface area contributed by atoms with E-state index in [0.29, 0.717) is 40.6 Å². The molecule has 1 aliphatic rings. The molecule has 50 heavy (non-hydrogen) atoms. The van der Waals surface area contributed by atoms with Crippen LogP contribution in [0.25, 0.3) is 22.6 Å². The lowest BCUT2D eigenvalue weighted by Crippen LogP contribution is -2.54. The van der Waals surface area contributed by atoms with Crippen LogP contribution in [0, 0.1) is 0 Å². The fraction of sp³-hybridized carbons (Fsp3) is 0.667. The van der Waals surface area contributed by atoms with Crippen molar-refractivity contribution >= 4 is 42.0 Å². The molecule has 2 aromatic heterocycles. The summed E-state index contributed by atoms with van der Waals surface area (Å²) in [5, 5.41) is -0.0853. The van der Waals surface area contributed by atoms with Crippen molar-refractivity contribution in [2.45, 2.75) is 141 Å². The van der Waals surface area contributed by atoms with Crippen LogP contribution in [0.15, 0.2) is 30.6 Å². The van der Waals surface area contributed by atoms with Crippen LogP contribution in [0.3, 0.4) is 0 Å². The van der Waals surface area contributed by atoms with Gasteiger partial charge in [0.05, 0.1) is 20.0 Å². The molecule has 1 fully saturated rings. The number of hydrogen-bond acceptors (Lipinski definition) is 9. The van der Waals surface area contributed by atoms with Crippen molar-refractivity contribution in [2.24, 2.45) is 5.73 Å². The van der Waals surface area contributed by atoms with Crippen LogP contribution in [-0.2, 0) is 18.0 Å². The molecule has 0 aliphatic carbocycles. The van der Waals surface area contributed by atoms with E-state index < -0.39 is 55.4 Å². The van der Waals surface area contributed by atoms with Crippen LogP contribution in [0.2, 0.25) is 54.4 Å². The number of ether oxygens (including phenoxy) is 2. The topological polar surface area (TPSA) is 133 Å². The molecule has 1 amide bonds. The van der Waals surface area contributed by atoms with Gasteiger partial charge >= 0.3 is 0 Å². The van der Waals surface area contributed by atoms with E-state index in [1.807, 2.05) is 4.57 Å². The van der Waals surface area contributed by atoms with E-state index in [2.05, 4.69) is 107 Å². The number of hydrogen-bond donors (Lipinski definition) is 1. The summed E-state index contributed by atoms with van der Waals surface area (Å²) in [7, 11) is -5.28. The second kappa shape index (κ2) is 13.8. The van der Waals surface area contributed by atoms with E-state index in [4.69, 9.17) is 38.5 Å². The van der Waals surface area contributed by atoms with Crippen LogP contribution in [0.1, 0.15) is 78.9 Å². The standard InChI is InChI=1S/C36H61N5O6Si3/c1-34(2,3)48(11,12)44-21-25-27(46-49(13,14)35(4,5)6)28(47-50(15,16)36(7,8)9)33(45-25)41-22-38-26-31(41)39-30(40-32(26)43-10)24-19-17-23(18-20-24)29(37)42/h17-20,22,25,27-28,33H,21H2,1-16H3,(H2,37,42)/t25-,27-,28-,33-/m1/s1. The molecule has 0 unspecified atom stereocenters. The number of carbonyl (C=O) groups excluding carboxylic acids is 1. The first-order valence-electron chi connectivity index (χ1n) is 17.5. The molecular weight excluding hydrogens is 683 g/mol. The molecule has 3 heterocycles. The number of primary amides is 1. The van der Waals surface area contributed by atoms with Gasteiger partial charge in [0.1, 0.15) is 18.3 Å². The smallest absolute Gasteiger partial charge is 0.248 e. The minimum atomic E-state index is -2.38. The normalized spacial score (nSPS) is 21.2. The number of nitrogens with two attached hydrogens (primary N) is 1. The predicted molar refractivity (Wildman–Crippen MR) is 207 cm³/mol. The molecule has 3 aromatic rings. The summed E-state index contributed by atoms with van der Waals surface area (Å²) in [6, 6.07) is 6.87. The molecule has 4 atom stereocenters. The van der Waals surface area contributed by atoms with Gasteiger partial charge < -0.3 is 28.5 Å². The van der Waals surface area contributed by atoms with Gasteiger partial charge in [0.15, 0.2) is 48.2 Å². The van der Waals surface area contributed by atoms with Gasteiger partial charge in [-0.05, 0) is 66.5 Å². The van der Waals surface area contributed by atoms with E-state index in [0.717, 1.165) is 0 Å². The van der Waals surface area contributed by atoms with Crippen LogP contribution in [0.4, 0.5) is 0 Å². The molecule has 0 spiro atoms. The van der Waals surface area contributed by atoms with Gasteiger partial charge in [0, 0.05) is 11.1 Å². The first-order chi connectivity index (χ1) is 22.7. The Balaban J connectivity index is 1.91. The number of aromatic nitrogens is 4. The molecular formula is C36H61N5O6Si3. The minimum absolute atomic E-state index is 0.0257. The van der Waals surface area contributed by atoms with Crippen molar-refractivity contribution < 1.29 is 27.5 Å². The maximum atomic E-state index is 11.7. The lowest BCUT2D eigenvalue weighted by molar-refractivity contribution is -0.0470. The average molecular weight is 744 g/mol. The molecule has 4 rings (SSSR count). The summed E-state index contributed by atoms with van der Waals surface area (Å²) in [6.45, 7) is 34.2. The van der Waals surface area contributed by atoms with Crippen LogP contribution in [-0.4, -0.2) is 82.4 Å². The zero-order valence-electron chi connectivity index (χ0n) is 33.2. The Morgan fingerprint density at radius 3 is 1.82 bits per heavy atom. The maximum absolute atomic E-state index is 11.7. The Morgan fingerprint density at radius 2 is 1.34 bits per heavy atom. The number of rotatable bonds is 11. The fourth-order valence-electron chi connectivity index (χ4n) is 5.01. The van der Waals surface area contributed by atoms with Gasteiger partial charge in [-0.2, -0.15) is 4.98 Å². The SMILES string of the molecule is COc1nc(-c2ccc(C(N)=O)cc2)nc2c1ncn2[C@@H]1O[C@H](CO[Si](C)(C)C(C)(C)C)[C@@H](O[Si](C)(C)C(C)(C)C)[C@H]1O[Si](C)(C)C(C)(C)C. The number of fused-ring (bicyclic) bond motifs is 1. The molecule has 14 heteroatoms. The number of carbonyl (C=O) groups is 1. The third kappa shape index (κ3) is 8.11. The largest absolute Gasteiger partial charge is 0.479 e. The van der Waals surface area contributed by atoms with E-state index in [1.54, 1.807) is 37.7 Å². The molecule has 11 nitrogen and oxygen atoms in total. The summed E-state index contributed by atoms with van der Waals surface area (Å²) in [6.07, 6.45) is -0.173. The first-order valence-corrected chi connectivity index (χ1v) is 26.3. The van der Waals surface area contributed by atoms with Crippen molar-refractivity contribution in [1.29, 1.82) is 0 Å². The molecule has 0 radical (unpaired) electrons. The van der Waals surface area contributed by atoms with Crippen LogP contribution >= 0.6 is 0 Å². The molecule has 278 valence electrons. The second-order valence-corrected chi connectivity index (χ2v) is 32.5. The Kier molecular flexibility index (Phi) is 11.1. The molecule has 2 N–H and O–H groups in total. The van der Waals surface area contributed by atoms with Crippen molar-refractivity contribution in [3.05, 3.63) is 36.2 Å². The van der Waals surface area contributed by atoms with Crippen LogP contribution < -0.4 is 10.5 Å². The number of benzene rings is 1. The summed E-state index contributed by atoms with van der Waals surface area (Å²) in [5.41, 5.74) is 7.63. The van der Waals surface area contributed by atoms with Gasteiger partial charge in [-0.3, -0.25) is 9.36 Å². The van der Waals surface area contributed by atoms with E-state index in [9.17, 15) is 4.79 Å². The van der Waals surface area contributed by atoms with Crippen LogP contribution in [0.5, 0.6) is 5.88 Å². The summed E-state index contributed by atoms with van der Waals surface area (Å²) < 4.78 is 36.3. The fourth-order valence-corrected chi connectivity index (χ4v) is 8.63. The minimum Gasteiger partial charge on any atom is -0.479 e. The highest BCUT2D eigenvalue weighted by atomic mass is 28.4. The van der Waals surface area contributed by atoms with Crippen molar-refractivity contribution in [3.63, 3.8) is 0 Å². The highest BCUT2D eigenvalue weighted by molar-refractivity contribution is 6.75.